The Morgan fingerprint density at radius 2 is 2.28 bits per heavy atom. The van der Waals surface area contributed by atoms with Gasteiger partial charge in [0.05, 0.1) is 6.61 Å². The van der Waals surface area contributed by atoms with Crippen LogP contribution in [0.1, 0.15) is 11.1 Å². The average Bonchev–Trinajstić information content (AvgIpc) is 3.12. The fourth-order valence-corrected chi connectivity index (χ4v) is 1.59. The summed E-state index contributed by atoms with van der Waals surface area (Å²) in [7, 11) is 0. The van der Waals surface area contributed by atoms with E-state index in [0.29, 0.717) is 13.2 Å². The van der Waals surface area contributed by atoms with E-state index in [9.17, 15) is 4.79 Å². The third-order valence-corrected chi connectivity index (χ3v) is 2.67. The molecule has 0 radical (unpaired) electrons. The predicted octanol–water partition coefficient (Wildman–Crippen LogP) is 2.37. The molecule has 1 saturated heterocycles. The van der Waals surface area contributed by atoms with Crippen LogP contribution in [0.2, 0.25) is 0 Å². The van der Waals surface area contributed by atoms with Crippen molar-refractivity contribution in [2.45, 2.75) is 12.5 Å². The molecule has 94 valence electrons. The second-order valence-electron chi connectivity index (χ2n) is 4.09. The first-order chi connectivity index (χ1) is 8.79. The van der Waals surface area contributed by atoms with Crippen molar-refractivity contribution < 1.29 is 14.3 Å². The molecule has 2 aliphatic rings. The zero-order valence-electron chi connectivity index (χ0n) is 10.2. The standard InChI is InChI=1S/C9H8.C6H8O3/c1-2-5-9-7-3-6-8(9)4-1;1-2-6(7)9-4-5-3-8-5/h1-6H,7H2;2,5H,1,3-4H2. The Labute approximate surface area is 107 Å². The van der Waals surface area contributed by atoms with E-state index in [1.807, 2.05) is 0 Å². The van der Waals surface area contributed by atoms with Crippen LogP contribution in [0.25, 0.3) is 6.08 Å². The van der Waals surface area contributed by atoms with Crippen LogP contribution >= 0.6 is 0 Å². The number of esters is 1. The zero-order valence-corrected chi connectivity index (χ0v) is 10.2. The highest BCUT2D eigenvalue weighted by Crippen LogP contribution is 2.17. The van der Waals surface area contributed by atoms with Gasteiger partial charge in [0, 0.05) is 6.08 Å². The summed E-state index contributed by atoms with van der Waals surface area (Å²) in [5.41, 5.74) is 2.84. The van der Waals surface area contributed by atoms with Crippen molar-refractivity contribution in [3.63, 3.8) is 0 Å². The Hall–Kier alpha value is -1.87. The molecule has 0 aromatic heterocycles. The van der Waals surface area contributed by atoms with Crippen molar-refractivity contribution in [3.8, 4) is 0 Å². The van der Waals surface area contributed by atoms with E-state index >= 15 is 0 Å². The van der Waals surface area contributed by atoms with Gasteiger partial charge >= 0.3 is 5.97 Å². The van der Waals surface area contributed by atoms with E-state index in [-0.39, 0.29) is 12.1 Å². The number of allylic oxidation sites excluding steroid dienone is 1. The summed E-state index contributed by atoms with van der Waals surface area (Å²) in [6, 6.07) is 8.49. The van der Waals surface area contributed by atoms with Gasteiger partial charge < -0.3 is 9.47 Å². The van der Waals surface area contributed by atoms with Crippen LogP contribution in [0.5, 0.6) is 0 Å². The topological polar surface area (TPSA) is 38.8 Å². The Morgan fingerprint density at radius 1 is 1.50 bits per heavy atom. The van der Waals surface area contributed by atoms with E-state index in [1.54, 1.807) is 0 Å². The molecule has 1 aromatic carbocycles. The van der Waals surface area contributed by atoms with E-state index < -0.39 is 0 Å². The van der Waals surface area contributed by atoms with Gasteiger partial charge in [0.25, 0.3) is 0 Å². The highest BCUT2D eigenvalue weighted by Gasteiger charge is 2.23. The molecular formula is C15H16O3. The van der Waals surface area contributed by atoms with Gasteiger partial charge in [-0.2, -0.15) is 0 Å². The molecule has 0 amide bonds. The smallest absolute Gasteiger partial charge is 0.330 e. The molecule has 3 rings (SSSR count). The molecule has 1 fully saturated rings. The summed E-state index contributed by atoms with van der Waals surface area (Å²) in [5, 5.41) is 0. The molecule has 0 bridgehead atoms. The highest BCUT2D eigenvalue weighted by molar-refractivity contribution is 5.81. The van der Waals surface area contributed by atoms with Crippen LogP contribution in [-0.4, -0.2) is 25.3 Å². The lowest BCUT2D eigenvalue weighted by Gasteiger charge is -1.94. The monoisotopic (exact) mass is 244 g/mol. The zero-order chi connectivity index (χ0) is 12.8. The fourth-order valence-electron chi connectivity index (χ4n) is 1.59. The molecule has 0 saturated carbocycles. The number of fused-ring (bicyclic) bond motifs is 1. The number of hydrogen-bond donors (Lipinski definition) is 0. The van der Waals surface area contributed by atoms with Crippen molar-refractivity contribution in [1.82, 2.24) is 0 Å². The number of epoxide rings is 1. The van der Waals surface area contributed by atoms with Crippen LogP contribution in [0.3, 0.4) is 0 Å². The number of ether oxygens (including phenoxy) is 2. The van der Waals surface area contributed by atoms with Gasteiger partial charge in [0.2, 0.25) is 0 Å². The summed E-state index contributed by atoms with van der Waals surface area (Å²) in [6.45, 7) is 4.32. The van der Waals surface area contributed by atoms with Crippen molar-refractivity contribution in [1.29, 1.82) is 0 Å². The Bertz CT molecular complexity index is 459. The van der Waals surface area contributed by atoms with Crippen LogP contribution in [0.15, 0.2) is 43.0 Å². The fraction of sp³-hybridized carbons (Fsp3) is 0.267. The second kappa shape index (κ2) is 6.17. The van der Waals surface area contributed by atoms with Crippen molar-refractivity contribution in [2.75, 3.05) is 13.2 Å². The van der Waals surface area contributed by atoms with Crippen LogP contribution in [0, 0.1) is 0 Å². The maximum absolute atomic E-state index is 10.3. The molecule has 0 spiro atoms. The SMILES string of the molecule is C1=Cc2ccccc2C1.C=CC(=O)OCC1CO1. The molecule has 1 aromatic rings. The molecule has 18 heavy (non-hydrogen) atoms. The van der Waals surface area contributed by atoms with Gasteiger partial charge in [0.15, 0.2) is 0 Å². The quantitative estimate of drug-likeness (QED) is 0.465. The van der Waals surface area contributed by atoms with E-state index in [1.165, 1.54) is 11.1 Å². The lowest BCUT2D eigenvalue weighted by molar-refractivity contribution is -0.138. The van der Waals surface area contributed by atoms with E-state index in [4.69, 9.17) is 4.74 Å². The number of carbonyl (C=O) groups excluding carboxylic acids is 1. The molecule has 1 heterocycles. The number of carbonyl (C=O) groups is 1. The first kappa shape index (κ1) is 12.6. The third kappa shape index (κ3) is 3.86. The van der Waals surface area contributed by atoms with Crippen LogP contribution in [-0.2, 0) is 20.7 Å². The highest BCUT2D eigenvalue weighted by atomic mass is 16.6. The summed E-state index contributed by atoms with van der Waals surface area (Å²) >= 11 is 0. The van der Waals surface area contributed by atoms with Gasteiger partial charge in [0.1, 0.15) is 12.7 Å². The third-order valence-electron chi connectivity index (χ3n) is 2.67. The van der Waals surface area contributed by atoms with Crippen molar-refractivity contribution in [3.05, 3.63) is 54.1 Å². The molecule has 3 nitrogen and oxygen atoms in total. The van der Waals surface area contributed by atoms with Crippen LogP contribution in [0.4, 0.5) is 0 Å². The van der Waals surface area contributed by atoms with E-state index in [2.05, 4.69) is 47.7 Å². The van der Waals surface area contributed by atoms with Crippen molar-refractivity contribution >= 4 is 12.0 Å². The van der Waals surface area contributed by atoms with Gasteiger partial charge in [-0.25, -0.2) is 4.79 Å². The first-order valence-electron chi connectivity index (χ1n) is 5.95. The first-order valence-corrected chi connectivity index (χ1v) is 5.95. The average molecular weight is 244 g/mol. The molecule has 1 aliphatic heterocycles. The van der Waals surface area contributed by atoms with Gasteiger partial charge in [-0.15, -0.1) is 0 Å². The summed E-state index contributed by atoms with van der Waals surface area (Å²) in [6.07, 6.45) is 6.78. The Morgan fingerprint density at radius 3 is 2.94 bits per heavy atom. The molecule has 1 aliphatic carbocycles. The van der Waals surface area contributed by atoms with Gasteiger partial charge in [-0.1, -0.05) is 43.0 Å². The largest absolute Gasteiger partial charge is 0.460 e. The van der Waals surface area contributed by atoms with Gasteiger partial charge in [-0.3, -0.25) is 0 Å². The lowest BCUT2D eigenvalue weighted by Crippen LogP contribution is -2.06. The minimum atomic E-state index is -0.384. The second-order valence-corrected chi connectivity index (χ2v) is 4.09. The van der Waals surface area contributed by atoms with Gasteiger partial charge in [-0.05, 0) is 17.5 Å². The Balaban J connectivity index is 0.000000134. The minimum Gasteiger partial charge on any atom is -0.460 e. The van der Waals surface area contributed by atoms with Crippen molar-refractivity contribution in [2.24, 2.45) is 0 Å². The predicted molar refractivity (Wildman–Crippen MR) is 70.1 cm³/mol. The maximum atomic E-state index is 10.3. The molecule has 1 atom stereocenters. The summed E-state index contributed by atoms with van der Waals surface area (Å²) < 4.78 is 9.42. The normalized spacial score (nSPS) is 18.3. The number of hydrogen-bond acceptors (Lipinski definition) is 3. The molecular weight excluding hydrogens is 228 g/mol. The number of rotatable bonds is 3. The maximum Gasteiger partial charge on any atom is 0.330 e. The summed E-state index contributed by atoms with van der Waals surface area (Å²) in [4.78, 5) is 10.3. The van der Waals surface area contributed by atoms with E-state index in [0.717, 1.165) is 12.5 Å². The minimum absolute atomic E-state index is 0.147. The summed E-state index contributed by atoms with van der Waals surface area (Å²) in [5.74, 6) is -0.384. The molecule has 0 N–H and O–H groups in total. The van der Waals surface area contributed by atoms with Crippen LogP contribution < -0.4 is 0 Å². The lowest BCUT2D eigenvalue weighted by atomic mass is 10.1. The molecule has 3 heteroatoms. The molecule has 1 unspecified atom stereocenters. The Kier molecular flexibility index (Phi) is 4.31. The number of benzene rings is 1.